The molecule has 0 spiro atoms. The molecule has 0 bridgehead atoms. The van der Waals surface area contributed by atoms with Gasteiger partial charge in [0.25, 0.3) is 5.91 Å². The molecule has 0 fully saturated rings. The molecule has 0 aliphatic carbocycles. The second-order valence-corrected chi connectivity index (χ2v) is 4.99. The summed E-state index contributed by atoms with van der Waals surface area (Å²) in [6.45, 7) is -2.83. The zero-order chi connectivity index (χ0) is 18.4. The monoisotopic (exact) mass is 350 g/mol. The van der Waals surface area contributed by atoms with E-state index in [-0.39, 0.29) is 23.6 Å². The molecule has 0 atom stereocenters. The highest BCUT2D eigenvalue weighted by atomic mass is 19.3. The van der Waals surface area contributed by atoms with E-state index >= 15 is 0 Å². The SMILES string of the molecule is COc1cc(C(=O)NCc2cccc(C(N)=O)c2)ccc1OC(F)F. The van der Waals surface area contributed by atoms with Crippen LogP contribution in [0.3, 0.4) is 0 Å². The van der Waals surface area contributed by atoms with Crippen LogP contribution in [-0.2, 0) is 6.54 Å². The molecule has 25 heavy (non-hydrogen) atoms. The van der Waals surface area contributed by atoms with Crippen molar-refractivity contribution in [3.05, 3.63) is 59.2 Å². The second kappa shape index (κ2) is 8.09. The minimum atomic E-state index is -2.99. The Labute approximate surface area is 142 Å². The molecule has 6 nitrogen and oxygen atoms in total. The molecular weight excluding hydrogens is 334 g/mol. The molecule has 0 aliphatic heterocycles. The van der Waals surface area contributed by atoms with E-state index in [1.54, 1.807) is 24.3 Å². The number of halogens is 2. The van der Waals surface area contributed by atoms with Gasteiger partial charge in [-0.25, -0.2) is 0 Å². The predicted molar refractivity (Wildman–Crippen MR) is 85.8 cm³/mol. The fourth-order valence-electron chi connectivity index (χ4n) is 2.12. The van der Waals surface area contributed by atoms with Crippen molar-refractivity contribution < 1.29 is 27.8 Å². The van der Waals surface area contributed by atoms with Crippen LogP contribution in [0.15, 0.2) is 42.5 Å². The predicted octanol–water partition coefficient (Wildman–Crippen LogP) is 2.33. The molecule has 0 unspecified atom stereocenters. The van der Waals surface area contributed by atoms with Gasteiger partial charge in [-0.05, 0) is 35.9 Å². The van der Waals surface area contributed by atoms with Gasteiger partial charge in [0.05, 0.1) is 7.11 Å². The van der Waals surface area contributed by atoms with E-state index in [4.69, 9.17) is 10.5 Å². The molecule has 2 rings (SSSR count). The van der Waals surface area contributed by atoms with Crippen molar-refractivity contribution >= 4 is 11.8 Å². The molecule has 0 saturated heterocycles. The quantitative estimate of drug-likeness (QED) is 0.802. The molecule has 0 saturated carbocycles. The number of carbonyl (C=O) groups is 2. The summed E-state index contributed by atoms with van der Waals surface area (Å²) < 4.78 is 33.9. The zero-order valence-corrected chi connectivity index (χ0v) is 13.3. The number of rotatable bonds is 7. The number of ether oxygens (including phenoxy) is 2. The number of benzene rings is 2. The lowest BCUT2D eigenvalue weighted by Crippen LogP contribution is -2.23. The van der Waals surface area contributed by atoms with E-state index < -0.39 is 18.4 Å². The summed E-state index contributed by atoms with van der Waals surface area (Å²) in [5, 5.41) is 2.66. The number of nitrogens with one attached hydrogen (secondary N) is 1. The van der Waals surface area contributed by atoms with E-state index in [9.17, 15) is 18.4 Å². The van der Waals surface area contributed by atoms with Crippen LogP contribution in [0.2, 0.25) is 0 Å². The molecule has 0 aromatic heterocycles. The topological polar surface area (TPSA) is 90.6 Å². The molecule has 3 N–H and O–H groups in total. The van der Waals surface area contributed by atoms with Gasteiger partial charge in [0.2, 0.25) is 5.91 Å². The number of alkyl halides is 2. The summed E-state index contributed by atoms with van der Waals surface area (Å²) in [5.74, 6) is -1.15. The van der Waals surface area contributed by atoms with Crippen molar-refractivity contribution in [2.24, 2.45) is 5.73 Å². The van der Waals surface area contributed by atoms with Crippen LogP contribution in [0.1, 0.15) is 26.3 Å². The maximum Gasteiger partial charge on any atom is 0.387 e. The number of primary amides is 1. The minimum Gasteiger partial charge on any atom is -0.493 e. The smallest absolute Gasteiger partial charge is 0.387 e. The summed E-state index contributed by atoms with van der Waals surface area (Å²) in [4.78, 5) is 23.3. The van der Waals surface area contributed by atoms with Gasteiger partial charge in [0, 0.05) is 17.7 Å². The Morgan fingerprint density at radius 3 is 2.52 bits per heavy atom. The van der Waals surface area contributed by atoms with Gasteiger partial charge in [-0.15, -0.1) is 0 Å². The molecule has 8 heteroatoms. The van der Waals surface area contributed by atoms with Gasteiger partial charge in [-0.3, -0.25) is 9.59 Å². The van der Waals surface area contributed by atoms with Gasteiger partial charge < -0.3 is 20.5 Å². The average molecular weight is 350 g/mol. The summed E-state index contributed by atoms with van der Waals surface area (Å²) in [6.07, 6.45) is 0. The van der Waals surface area contributed by atoms with Gasteiger partial charge >= 0.3 is 6.61 Å². The molecule has 2 amide bonds. The summed E-state index contributed by atoms with van der Waals surface area (Å²) in [6, 6.07) is 10.4. The van der Waals surface area contributed by atoms with Gasteiger partial charge in [-0.2, -0.15) is 8.78 Å². The number of hydrogen-bond acceptors (Lipinski definition) is 4. The highest BCUT2D eigenvalue weighted by Gasteiger charge is 2.14. The van der Waals surface area contributed by atoms with Crippen LogP contribution in [0.4, 0.5) is 8.78 Å². The summed E-state index contributed by atoms with van der Waals surface area (Å²) in [7, 11) is 1.28. The van der Waals surface area contributed by atoms with Crippen molar-refractivity contribution in [2.75, 3.05) is 7.11 Å². The molecule has 0 heterocycles. The van der Waals surface area contributed by atoms with Crippen LogP contribution in [-0.4, -0.2) is 25.5 Å². The Kier molecular flexibility index (Phi) is 5.89. The van der Waals surface area contributed by atoms with Crippen molar-refractivity contribution in [1.82, 2.24) is 5.32 Å². The van der Waals surface area contributed by atoms with E-state index in [0.717, 1.165) is 0 Å². The third kappa shape index (κ3) is 4.90. The molecule has 2 aromatic carbocycles. The first-order valence-electron chi connectivity index (χ1n) is 7.20. The minimum absolute atomic E-state index is 0.0173. The van der Waals surface area contributed by atoms with Crippen LogP contribution < -0.4 is 20.5 Å². The van der Waals surface area contributed by atoms with E-state index in [1.165, 1.54) is 25.3 Å². The first kappa shape index (κ1) is 18.2. The van der Waals surface area contributed by atoms with Gasteiger partial charge in [0.1, 0.15) is 0 Å². The number of carbonyl (C=O) groups excluding carboxylic acids is 2. The van der Waals surface area contributed by atoms with Gasteiger partial charge in [-0.1, -0.05) is 12.1 Å². The van der Waals surface area contributed by atoms with E-state index in [0.29, 0.717) is 11.1 Å². The third-order valence-corrected chi connectivity index (χ3v) is 3.31. The average Bonchev–Trinajstić information content (AvgIpc) is 2.59. The lowest BCUT2D eigenvalue weighted by atomic mass is 10.1. The van der Waals surface area contributed by atoms with Crippen molar-refractivity contribution in [1.29, 1.82) is 0 Å². The Morgan fingerprint density at radius 2 is 1.88 bits per heavy atom. The van der Waals surface area contributed by atoms with Crippen LogP contribution >= 0.6 is 0 Å². The fraction of sp³-hybridized carbons (Fsp3) is 0.176. The van der Waals surface area contributed by atoms with Crippen LogP contribution in [0.5, 0.6) is 11.5 Å². The third-order valence-electron chi connectivity index (χ3n) is 3.31. The highest BCUT2D eigenvalue weighted by Crippen LogP contribution is 2.29. The van der Waals surface area contributed by atoms with Crippen molar-refractivity contribution in [2.45, 2.75) is 13.2 Å². The Hall–Kier alpha value is -3.16. The number of amides is 2. The van der Waals surface area contributed by atoms with Gasteiger partial charge in [0.15, 0.2) is 11.5 Å². The number of nitrogens with two attached hydrogens (primary N) is 1. The first-order chi connectivity index (χ1) is 11.9. The molecular formula is C17H16F2N2O4. The molecule has 2 aromatic rings. The highest BCUT2D eigenvalue weighted by molar-refractivity contribution is 5.95. The summed E-state index contributed by atoms with van der Waals surface area (Å²) in [5.41, 5.74) is 6.44. The largest absolute Gasteiger partial charge is 0.493 e. The van der Waals surface area contributed by atoms with Crippen LogP contribution in [0, 0.1) is 0 Å². The zero-order valence-electron chi connectivity index (χ0n) is 13.3. The van der Waals surface area contributed by atoms with Crippen molar-refractivity contribution in [3.63, 3.8) is 0 Å². The second-order valence-electron chi connectivity index (χ2n) is 4.99. The maximum atomic E-state index is 12.3. The molecule has 0 aliphatic rings. The Bertz CT molecular complexity index is 781. The number of methoxy groups -OCH3 is 1. The molecule has 132 valence electrons. The normalized spacial score (nSPS) is 10.4. The Morgan fingerprint density at radius 1 is 1.12 bits per heavy atom. The Balaban J connectivity index is 2.08. The fourth-order valence-corrected chi connectivity index (χ4v) is 2.12. The van der Waals surface area contributed by atoms with E-state index in [1.807, 2.05) is 0 Å². The number of hydrogen-bond donors (Lipinski definition) is 2. The maximum absolute atomic E-state index is 12.3. The van der Waals surface area contributed by atoms with Crippen LogP contribution in [0.25, 0.3) is 0 Å². The molecule has 0 radical (unpaired) electrons. The first-order valence-corrected chi connectivity index (χ1v) is 7.20. The van der Waals surface area contributed by atoms with Crippen molar-refractivity contribution in [3.8, 4) is 11.5 Å². The lowest BCUT2D eigenvalue weighted by Gasteiger charge is -2.11. The van der Waals surface area contributed by atoms with E-state index in [2.05, 4.69) is 10.1 Å². The summed E-state index contributed by atoms with van der Waals surface area (Å²) >= 11 is 0. The lowest BCUT2D eigenvalue weighted by molar-refractivity contribution is -0.0512. The standard InChI is InChI=1S/C17H16F2N2O4/c1-24-14-8-12(5-6-13(14)25-17(18)19)16(23)21-9-10-3-2-4-11(7-10)15(20)22/h2-8,17H,9H2,1H3,(H2,20,22)(H,21,23).